The van der Waals surface area contributed by atoms with Gasteiger partial charge in [-0.25, -0.2) is 8.78 Å². The smallest absolute Gasteiger partial charge is 0.135 e. The molecule has 0 aliphatic carbocycles. The molecule has 0 bridgehead atoms. The Morgan fingerprint density at radius 1 is 1.15 bits per heavy atom. The van der Waals surface area contributed by atoms with Gasteiger partial charge in [-0.05, 0) is 29.8 Å². The van der Waals surface area contributed by atoms with E-state index in [9.17, 15) is 8.78 Å². The minimum absolute atomic E-state index is 0.321. The van der Waals surface area contributed by atoms with Gasteiger partial charge < -0.3 is 10.2 Å². The molecule has 7 heteroatoms. The Morgan fingerprint density at radius 2 is 2.00 bits per heavy atom. The van der Waals surface area contributed by atoms with E-state index in [0.29, 0.717) is 36.5 Å². The van der Waals surface area contributed by atoms with Gasteiger partial charge in [-0.2, -0.15) is 5.10 Å². The fourth-order valence-electron chi connectivity index (χ4n) is 2.74. The summed E-state index contributed by atoms with van der Waals surface area (Å²) < 4.78 is 30.1. The summed E-state index contributed by atoms with van der Waals surface area (Å²) in [7, 11) is 3.80. The minimum Gasteiger partial charge on any atom is -0.378 e. The maximum atomic E-state index is 14.5. The number of benzene rings is 1. The predicted octanol–water partition coefficient (Wildman–Crippen LogP) is 3.08. The fourth-order valence-corrected chi connectivity index (χ4v) is 2.74. The molecule has 0 radical (unpaired) electrons. The van der Waals surface area contributed by atoms with Gasteiger partial charge in [0.15, 0.2) is 0 Å². The van der Waals surface area contributed by atoms with E-state index in [2.05, 4.69) is 15.4 Å². The van der Waals surface area contributed by atoms with Gasteiger partial charge in [0.25, 0.3) is 0 Å². The minimum atomic E-state index is -0.614. The molecule has 0 spiro atoms. The van der Waals surface area contributed by atoms with E-state index in [1.54, 1.807) is 23.1 Å². The molecule has 0 fully saturated rings. The van der Waals surface area contributed by atoms with Crippen LogP contribution in [0.5, 0.6) is 0 Å². The van der Waals surface area contributed by atoms with E-state index >= 15 is 0 Å². The average molecular weight is 357 g/mol. The maximum absolute atomic E-state index is 14.5. The van der Waals surface area contributed by atoms with E-state index in [-0.39, 0.29) is 0 Å². The highest BCUT2D eigenvalue weighted by atomic mass is 19.1. The van der Waals surface area contributed by atoms with Crippen LogP contribution >= 0.6 is 0 Å². The fraction of sp³-hybridized carbons (Fsp3) is 0.263. The van der Waals surface area contributed by atoms with E-state index in [1.165, 1.54) is 6.07 Å². The Hall–Kier alpha value is -2.80. The van der Waals surface area contributed by atoms with Gasteiger partial charge in [0, 0.05) is 63.1 Å². The van der Waals surface area contributed by atoms with E-state index in [4.69, 9.17) is 0 Å². The Labute approximate surface area is 151 Å². The lowest BCUT2D eigenvalue weighted by Crippen LogP contribution is -2.20. The van der Waals surface area contributed by atoms with Crippen LogP contribution in [0.4, 0.5) is 14.5 Å². The summed E-state index contributed by atoms with van der Waals surface area (Å²) in [6.45, 7) is 1.64. The summed E-state index contributed by atoms with van der Waals surface area (Å²) >= 11 is 0. The first kappa shape index (κ1) is 18.0. The van der Waals surface area contributed by atoms with Crippen molar-refractivity contribution in [2.75, 3.05) is 25.5 Å². The van der Waals surface area contributed by atoms with Gasteiger partial charge in [-0.3, -0.25) is 9.67 Å². The van der Waals surface area contributed by atoms with Crippen molar-refractivity contribution in [3.05, 3.63) is 66.1 Å². The van der Waals surface area contributed by atoms with Crippen molar-refractivity contribution >= 4 is 5.69 Å². The molecule has 26 heavy (non-hydrogen) atoms. The summed E-state index contributed by atoms with van der Waals surface area (Å²) in [6.07, 6.45) is 5.21. The molecule has 2 heterocycles. The Balaban J connectivity index is 1.82. The molecule has 1 aromatic carbocycles. The first-order valence-corrected chi connectivity index (χ1v) is 8.34. The van der Waals surface area contributed by atoms with Gasteiger partial charge in [0.1, 0.15) is 11.6 Å². The molecular formula is C19H21F2N5. The van der Waals surface area contributed by atoms with Crippen LogP contribution in [-0.4, -0.2) is 35.4 Å². The Bertz CT molecular complexity index is 862. The van der Waals surface area contributed by atoms with Crippen LogP contribution in [0, 0.1) is 11.6 Å². The number of anilines is 1. The molecule has 136 valence electrons. The second-order valence-corrected chi connectivity index (χ2v) is 6.16. The topological polar surface area (TPSA) is 46.0 Å². The number of rotatable bonds is 7. The van der Waals surface area contributed by atoms with Crippen molar-refractivity contribution in [1.29, 1.82) is 0 Å². The third-order valence-electron chi connectivity index (χ3n) is 4.05. The van der Waals surface area contributed by atoms with Crippen LogP contribution in [0.2, 0.25) is 0 Å². The van der Waals surface area contributed by atoms with Crippen molar-refractivity contribution in [1.82, 2.24) is 20.1 Å². The molecule has 0 aliphatic heterocycles. The lowest BCUT2D eigenvalue weighted by atomic mass is 10.0. The molecule has 0 saturated carbocycles. The number of nitrogens with zero attached hydrogens (tertiary/aromatic N) is 4. The predicted molar refractivity (Wildman–Crippen MR) is 97.8 cm³/mol. The Kier molecular flexibility index (Phi) is 5.58. The van der Waals surface area contributed by atoms with Crippen LogP contribution in [-0.2, 0) is 13.1 Å². The lowest BCUT2D eigenvalue weighted by molar-refractivity contribution is 0.548. The second-order valence-electron chi connectivity index (χ2n) is 6.16. The maximum Gasteiger partial charge on any atom is 0.135 e. The number of hydrogen-bond acceptors (Lipinski definition) is 4. The summed E-state index contributed by atoms with van der Waals surface area (Å²) in [4.78, 5) is 6.19. The highest BCUT2D eigenvalue weighted by Gasteiger charge is 2.15. The van der Waals surface area contributed by atoms with Crippen molar-refractivity contribution in [2.45, 2.75) is 13.1 Å². The number of pyridine rings is 1. The van der Waals surface area contributed by atoms with E-state index in [0.717, 1.165) is 11.8 Å². The largest absolute Gasteiger partial charge is 0.378 e. The molecule has 0 amide bonds. The zero-order chi connectivity index (χ0) is 18.5. The SMILES string of the molecule is CN(C)c1ccnc(-c2c(F)cc(F)cc2CNCCn2cccn2)c1. The number of halogens is 2. The van der Waals surface area contributed by atoms with Gasteiger partial charge in [-0.15, -0.1) is 0 Å². The van der Waals surface area contributed by atoms with E-state index < -0.39 is 11.6 Å². The zero-order valence-electron chi connectivity index (χ0n) is 14.8. The quantitative estimate of drug-likeness (QED) is 0.660. The standard InChI is InChI=1S/C19H21F2N5/c1-25(2)16-4-6-23-18(12-16)19-14(10-15(20)11-17(19)21)13-22-7-9-26-8-3-5-24-26/h3-6,8,10-12,22H,7,9,13H2,1-2H3. The van der Waals surface area contributed by atoms with Crippen molar-refractivity contribution in [2.24, 2.45) is 0 Å². The summed E-state index contributed by atoms with van der Waals surface area (Å²) in [5.74, 6) is -1.21. The highest BCUT2D eigenvalue weighted by Crippen LogP contribution is 2.28. The zero-order valence-corrected chi connectivity index (χ0v) is 14.8. The van der Waals surface area contributed by atoms with Crippen LogP contribution < -0.4 is 10.2 Å². The van der Waals surface area contributed by atoms with E-state index in [1.807, 2.05) is 37.3 Å². The number of aromatic nitrogens is 3. The van der Waals surface area contributed by atoms with Gasteiger partial charge >= 0.3 is 0 Å². The van der Waals surface area contributed by atoms with Crippen LogP contribution in [0.3, 0.4) is 0 Å². The number of nitrogens with one attached hydrogen (secondary N) is 1. The van der Waals surface area contributed by atoms with Crippen LogP contribution in [0.25, 0.3) is 11.3 Å². The number of hydrogen-bond donors (Lipinski definition) is 1. The summed E-state index contributed by atoms with van der Waals surface area (Å²) in [5.41, 5.74) is 2.24. The highest BCUT2D eigenvalue weighted by molar-refractivity contribution is 5.68. The van der Waals surface area contributed by atoms with Crippen LogP contribution in [0.15, 0.2) is 48.9 Å². The third-order valence-corrected chi connectivity index (χ3v) is 4.05. The monoisotopic (exact) mass is 357 g/mol. The molecule has 2 aromatic heterocycles. The summed E-state index contributed by atoms with van der Waals surface area (Å²) in [6, 6.07) is 7.73. The molecule has 5 nitrogen and oxygen atoms in total. The van der Waals surface area contributed by atoms with Gasteiger partial charge in [0.2, 0.25) is 0 Å². The normalized spacial score (nSPS) is 10.9. The Morgan fingerprint density at radius 3 is 2.73 bits per heavy atom. The molecule has 0 saturated heterocycles. The van der Waals surface area contributed by atoms with Crippen molar-refractivity contribution in [3.8, 4) is 11.3 Å². The molecular weight excluding hydrogens is 336 g/mol. The van der Waals surface area contributed by atoms with Gasteiger partial charge in [-0.1, -0.05) is 0 Å². The molecule has 0 atom stereocenters. The average Bonchev–Trinajstić information content (AvgIpc) is 3.12. The first-order valence-electron chi connectivity index (χ1n) is 8.34. The molecule has 0 unspecified atom stereocenters. The van der Waals surface area contributed by atoms with Crippen LogP contribution in [0.1, 0.15) is 5.56 Å². The molecule has 1 N–H and O–H groups in total. The molecule has 3 aromatic rings. The lowest BCUT2D eigenvalue weighted by Gasteiger charge is -2.16. The third kappa shape index (κ3) is 4.23. The molecule has 0 aliphatic rings. The first-order chi connectivity index (χ1) is 12.5. The molecule has 3 rings (SSSR count). The summed E-state index contributed by atoms with van der Waals surface area (Å²) in [5, 5.41) is 7.33. The van der Waals surface area contributed by atoms with Gasteiger partial charge in [0.05, 0.1) is 12.2 Å². The van der Waals surface area contributed by atoms with Crippen molar-refractivity contribution in [3.63, 3.8) is 0 Å². The second kappa shape index (κ2) is 8.05. The van der Waals surface area contributed by atoms with Crippen molar-refractivity contribution < 1.29 is 8.78 Å².